The third-order valence-corrected chi connectivity index (χ3v) is 3.83. The molecular weight excluding hydrogens is 344 g/mol. The van der Waals surface area contributed by atoms with E-state index >= 15 is 0 Å². The third-order valence-electron chi connectivity index (χ3n) is 3.83. The van der Waals surface area contributed by atoms with E-state index in [9.17, 15) is 14.8 Å². The van der Waals surface area contributed by atoms with E-state index in [0.717, 1.165) is 5.56 Å². The maximum atomic E-state index is 12.3. The smallest absolute Gasteiger partial charge is 0.323 e. The number of hydrogen-bond acceptors (Lipinski definition) is 3. The second kappa shape index (κ2) is 8.01. The van der Waals surface area contributed by atoms with Crippen LogP contribution in [-0.2, 0) is 0 Å². The van der Waals surface area contributed by atoms with Crippen LogP contribution in [0.1, 0.15) is 16.1 Å². The van der Waals surface area contributed by atoms with Crippen molar-refractivity contribution in [3.8, 4) is 0 Å². The number of rotatable bonds is 4. The molecule has 3 N–H and O–H groups in total. The van der Waals surface area contributed by atoms with E-state index in [1.165, 1.54) is 12.3 Å². The highest BCUT2D eigenvalue weighted by atomic mass is 16.5. The molecule has 0 spiro atoms. The molecule has 27 heavy (non-hydrogen) atoms. The maximum absolute atomic E-state index is 12.3. The fourth-order valence-corrected chi connectivity index (χ4v) is 2.44. The van der Waals surface area contributed by atoms with Crippen LogP contribution in [0.25, 0.3) is 0 Å². The third kappa shape index (κ3) is 4.60. The first-order valence-corrected chi connectivity index (χ1v) is 8.26. The molecule has 3 aromatic rings. The molecular formula is C20H18N4O3. The van der Waals surface area contributed by atoms with Crippen molar-refractivity contribution >= 4 is 29.0 Å². The monoisotopic (exact) mass is 362 g/mol. The van der Waals surface area contributed by atoms with Crippen LogP contribution in [0.4, 0.5) is 21.9 Å². The molecule has 7 nitrogen and oxygen atoms in total. The molecule has 7 heteroatoms. The molecule has 0 fully saturated rings. The van der Waals surface area contributed by atoms with Crippen molar-refractivity contribution in [3.63, 3.8) is 0 Å². The second-order valence-electron chi connectivity index (χ2n) is 5.84. The lowest BCUT2D eigenvalue weighted by Crippen LogP contribution is -2.36. The van der Waals surface area contributed by atoms with Gasteiger partial charge in [-0.3, -0.25) is 4.79 Å². The van der Waals surface area contributed by atoms with Gasteiger partial charge in [-0.1, -0.05) is 24.3 Å². The Labute approximate surface area is 156 Å². The van der Waals surface area contributed by atoms with Crippen molar-refractivity contribution in [1.29, 1.82) is 0 Å². The number of hydrogen-bond donors (Lipinski definition) is 3. The van der Waals surface area contributed by atoms with Crippen LogP contribution < -0.4 is 20.7 Å². The second-order valence-corrected chi connectivity index (χ2v) is 5.84. The zero-order valence-corrected chi connectivity index (χ0v) is 14.6. The summed E-state index contributed by atoms with van der Waals surface area (Å²) in [6, 6.07) is 18.4. The lowest BCUT2D eigenvalue weighted by atomic mass is 10.1. The summed E-state index contributed by atoms with van der Waals surface area (Å²) in [7, 11) is 0. The number of anilines is 3. The van der Waals surface area contributed by atoms with Gasteiger partial charge >= 0.3 is 11.9 Å². The van der Waals surface area contributed by atoms with E-state index in [1.54, 1.807) is 42.5 Å². The molecule has 1 aromatic heterocycles. The fraction of sp³-hybridized carbons (Fsp3) is 0.0500. The van der Waals surface area contributed by atoms with E-state index < -0.39 is 11.9 Å². The lowest BCUT2D eigenvalue weighted by Gasteiger charge is -2.12. The van der Waals surface area contributed by atoms with Crippen LogP contribution in [0.15, 0.2) is 72.9 Å². The molecule has 136 valence electrons. The Bertz CT molecular complexity index is 974. The zero-order valence-electron chi connectivity index (χ0n) is 14.6. The summed E-state index contributed by atoms with van der Waals surface area (Å²) >= 11 is 0. The van der Waals surface area contributed by atoms with E-state index in [0.29, 0.717) is 21.8 Å². The van der Waals surface area contributed by atoms with Crippen molar-refractivity contribution in [2.45, 2.75) is 6.92 Å². The van der Waals surface area contributed by atoms with Gasteiger partial charge < -0.3 is 21.2 Å². The quantitative estimate of drug-likeness (QED) is 0.489. The van der Waals surface area contributed by atoms with Gasteiger partial charge in [-0.25, -0.2) is 4.79 Å². The summed E-state index contributed by atoms with van der Waals surface area (Å²) in [6.45, 7) is 1.82. The van der Waals surface area contributed by atoms with Gasteiger partial charge in [0.1, 0.15) is 0 Å². The van der Waals surface area contributed by atoms with Gasteiger partial charge in [0, 0.05) is 29.2 Å². The Morgan fingerprint density at radius 3 is 2.30 bits per heavy atom. The van der Waals surface area contributed by atoms with Crippen LogP contribution in [0.3, 0.4) is 0 Å². The van der Waals surface area contributed by atoms with Crippen molar-refractivity contribution in [1.82, 2.24) is 0 Å². The van der Waals surface area contributed by atoms with Gasteiger partial charge in [0.15, 0.2) is 6.20 Å². The van der Waals surface area contributed by atoms with Crippen molar-refractivity contribution in [2.75, 3.05) is 16.0 Å². The minimum atomic E-state index is -0.528. The van der Waals surface area contributed by atoms with Gasteiger partial charge in [-0.2, -0.15) is 4.73 Å². The number of para-hydroxylation sites is 1. The predicted octanol–water partition coefficient (Wildman–Crippen LogP) is 3.52. The summed E-state index contributed by atoms with van der Waals surface area (Å²) in [5, 5.41) is 19.8. The minimum Gasteiger partial charge on any atom is -0.618 e. The molecule has 0 aliphatic carbocycles. The first-order valence-electron chi connectivity index (χ1n) is 8.26. The molecule has 0 aliphatic rings. The van der Waals surface area contributed by atoms with Gasteiger partial charge in [0.05, 0.1) is 0 Å². The molecule has 3 rings (SSSR count). The van der Waals surface area contributed by atoms with Gasteiger partial charge in [-0.05, 0) is 42.8 Å². The maximum Gasteiger partial charge on any atom is 0.323 e. The van der Waals surface area contributed by atoms with Crippen LogP contribution in [0, 0.1) is 12.1 Å². The zero-order chi connectivity index (χ0) is 19.2. The Morgan fingerprint density at radius 1 is 0.852 bits per heavy atom. The first kappa shape index (κ1) is 17.9. The first-order chi connectivity index (χ1) is 13.0. The highest BCUT2D eigenvalue weighted by Crippen LogP contribution is 2.21. The molecule has 0 radical (unpaired) electrons. The average Bonchev–Trinajstić information content (AvgIpc) is 2.65. The number of aryl methyl sites for hydroxylation is 1. The summed E-state index contributed by atoms with van der Waals surface area (Å²) < 4.78 is 0.500. The Balaban J connectivity index is 1.71. The van der Waals surface area contributed by atoms with Gasteiger partial charge in [-0.15, -0.1) is 0 Å². The standard InChI is InChI=1S/C20H18N4O3/c1-14-10-11-16(22-20(26)21-15-7-3-2-4-8-15)13-17(14)23-19(25)18-9-5-6-12-24(18)27/h2-13H,1H3,(H,23,25)(H2,21,22,26). The van der Waals surface area contributed by atoms with Crippen molar-refractivity contribution in [3.05, 3.63) is 89.4 Å². The number of carbonyl (C=O) groups excluding carboxylic acids is 2. The lowest BCUT2D eigenvalue weighted by molar-refractivity contribution is -0.607. The average molecular weight is 362 g/mol. The number of aromatic nitrogens is 1. The normalized spacial score (nSPS) is 10.1. The largest absolute Gasteiger partial charge is 0.618 e. The number of amides is 3. The predicted molar refractivity (Wildman–Crippen MR) is 104 cm³/mol. The van der Waals surface area contributed by atoms with Crippen LogP contribution in [-0.4, -0.2) is 11.9 Å². The topological polar surface area (TPSA) is 97.2 Å². The van der Waals surface area contributed by atoms with Gasteiger partial charge in [0.25, 0.3) is 5.69 Å². The van der Waals surface area contributed by atoms with Crippen LogP contribution in [0.5, 0.6) is 0 Å². The molecule has 0 bridgehead atoms. The van der Waals surface area contributed by atoms with Gasteiger partial charge in [0.2, 0.25) is 0 Å². The summed E-state index contributed by atoms with van der Waals surface area (Å²) in [5.41, 5.74) is 2.45. The molecule has 2 aromatic carbocycles. The van der Waals surface area contributed by atoms with E-state index in [2.05, 4.69) is 16.0 Å². The number of nitrogens with one attached hydrogen (secondary N) is 3. The number of carbonyl (C=O) groups is 2. The highest BCUT2D eigenvalue weighted by Gasteiger charge is 2.16. The molecule has 0 unspecified atom stereocenters. The summed E-state index contributed by atoms with van der Waals surface area (Å²) in [6.07, 6.45) is 1.26. The van der Waals surface area contributed by atoms with E-state index in [1.807, 2.05) is 25.1 Å². The Morgan fingerprint density at radius 2 is 1.56 bits per heavy atom. The fourth-order valence-electron chi connectivity index (χ4n) is 2.44. The summed E-state index contributed by atoms with van der Waals surface area (Å²) in [5.74, 6) is -0.528. The minimum absolute atomic E-state index is 0.0166. The number of urea groups is 1. The highest BCUT2D eigenvalue weighted by molar-refractivity contribution is 6.03. The SMILES string of the molecule is Cc1ccc(NC(=O)Nc2ccccc2)cc1NC(=O)c1cccc[n+]1[O-]. The van der Waals surface area contributed by atoms with E-state index in [4.69, 9.17) is 0 Å². The van der Waals surface area contributed by atoms with Crippen molar-refractivity contribution in [2.24, 2.45) is 0 Å². The Hall–Kier alpha value is -3.87. The molecule has 0 atom stereocenters. The number of pyridine rings is 1. The Kier molecular flexibility index (Phi) is 5.32. The van der Waals surface area contributed by atoms with Crippen LogP contribution in [0.2, 0.25) is 0 Å². The van der Waals surface area contributed by atoms with Crippen LogP contribution >= 0.6 is 0 Å². The molecule has 0 saturated carbocycles. The molecule has 3 amide bonds. The summed E-state index contributed by atoms with van der Waals surface area (Å²) in [4.78, 5) is 24.4. The molecule has 0 saturated heterocycles. The number of benzene rings is 2. The van der Waals surface area contributed by atoms with E-state index in [-0.39, 0.29) is 5.69 Å². The van der Waals surface area contributed by atoms with Crippen molar-refractivity contribution < 1.29 is 14.3 Å². The molecule has 1 heterocycles. The number of nitrogens with zero attached hydrogens (tertiary/aromatic N) is 1. The molecule has 0 aliphatic heterocycles.